The first-order valence-corrected chi connectivity index (χ1v) is 42.3. The molecule has 0 atom stereocenters. The van der Waals surface area contributed by atoms with Crippen LogP contribution in [0.2, 0.25) is 0 Å². The van der Waals surface area contributed by atoms with Gasteiger partial charge in [0.25, 0.3) is 6.71 Å². The van der Waals surface area contributed by atoms with Crippen LogP contribution in [0.5, 0.6) is 0 Å². The lowest BCUT2D eigenvalue weighted by molar-refractivity contribution is 0.669. The molecule has 19 aromatic carbocycles. The van der Waals surface area contributed by atoms with Gasteiger partial charge in [-0.05, 0) is 236 Å². The minimum atomic E-state index is -0.694. The van der Waals surface area contributed by atoms with Gasteiger partial charge in [-0.15, -0.1) is 0 Å². The van der Waals surface area contributed by atoms with Crippen LogP contribution in [0.1, 0.15) is 59.7 Å². The summed E-state index contributed by atoms with van der Waals surface area (Å²) in [5.41, 5.74) is 36.7. The number of hydrogen-bond acceptors (Lipinski definition) is 5. The molecule has 7 heteroatoms. The van der Waals surface area contributed by atoms with Crippen molar-refractivity contribution in [3.05, 3.63) is 456 Å². The molecule has 2 aliphatic heterocycles. The van der Waals surface area contributed by atoms with Gasteiger partial charge in [-0.25, -0.2) is 0 Å². The highest BCUT2D eigenvalue weighted by molar-refractivity contribution is 7.00. The van der Waals surface area contributed by atoms with Crippen molar-refractivity contribution in [2.45, 2.75) is 10.8 Å². The molecule has 0 saturated heterocycles. The number of nitriles is 1. The molecule has 124 heavy (non-hydrogen) atoms. The fraction of sp³-hybridized carbons (Fsp3) is 0.0171. The third kappa shape index (κ3) is 8.82. The molecular weight excluding hydrogens is 1500 g/mol. The van der Waals surface area contributed by atoms with Crippen molar-refractivity contribution in [2.24, 2.45) is 0 Å². The Morgan fingerprint density at radius 2 is 0.734 bits per heavy atom. The van der Waals surface area contributed by atoms with Crippen LogP contribution >= 0.6 is 0 Å². The normalized spacial score (nSPS) is 14.7. The lowest BCUT2D eigenvalue weighted by Gasteiger charge is -2.45. The van der Waals surface area contributed by atoms with Crippen molar-refractivity contribution in [3.8, 4) is 101 Å². The number of para-hydroxylation sites is 6. The first kappa shape index (κ1) is 61.1. The number of fused-ring (bicyclic) bond motifs is 33. The average molecular weight is 1580 g/mol. The Hall–Kier alpha value is -16.3. The summed E-state index contributed by atoms with van der Waals surface area (Å²) >= 11 is 0. The molecule has 0 bridgehead atoms. The van der Waals surface area contributed by atoms with E-state index in [1.54, 1.807) is 4.57 Å². The molecule has 2 spiro atoms. The van der Waals surface area contributed by atoms with E-state index in [1.165, 1.54) is 77.9 Å². The van der Waals surface area contributed by atoms with E-state index >= 15 is 0 Å². The maximum Gasteiger partial charge on any atom is 0.252 e. The monoisotopic (exact) mass is 1580 g/mol. The predicted molar refractivity (Wildman–Crippen MR) is 508 cm³/mol. The third-order valence-electron chi connectivity index (χ3n) is 27.9. The van der Waals surface area contributed by atoms with Crippen LogP contribution in [-0.2, 0) is 10.8 Å². The largest absolute Gasteiger partial charge is 0.456 e. The molecule has 0 radical (unpaired) electrons. The molecule has 570 valence electrons. The van der Waals surface area contributed by atoms with Gasteiger partial charge < -0.3 is 23.2 Å². The van der Waals surface area contributed by atoms with Gasteiger partial charge in [0.05, 0.1) is 54.5 Å². The molecule has 28 rings (SSSR count). The van der Waals surface area contributed by atoms with E-state index in [0.29, 0.717) is 11.4 Å². The number of rotatable bonds is 7. The number of benzene rings is 19. The molecule has 3 aromatic heterocycles. The van der Waals surface area contributed by atoms with E-state index in [1.807, 2.05) is 36.4 Å². The topological polar surface area (TPSA) is 61.5 Å². The Kier molecular flexibility index (Phi) is 12.3. The molecule has 6 aliphatic rings. The van der Waals surface area contributed by atoms with Gasteiger partial charge in [-0.2, -0.15) is 5.26 Å². The van der Waals surface area contributed by atoms with Crippen molar-refractivity contribution in [1.29, 1.82) is 5.26 Å². The van der Waals surface area contributed by atoms with Gasteiger partial charge in [-0.1, -0.05) is 303 Å². The van der Waals surface area contributed by atoms with Crippen LogP contribution in [0.25, 0.3) is 160 Å². The summed E-state index contributed by atoms with van der Waals surface area (Å²) in [4.78, 5) is 4.93. The quantitative estimate of drug-likeness (QED) is 0.149. The standard InChI is InChI=1S/C117H67BN4O2/c119-68-69-48-57-106-91(60-69)87-32-9-20-45-105(87)120(106)75-53-56-101-108(67-75)122(104-44-19-8-25-77(104)72-50-55-86-84-31-6-17-42-98(84)117(100(86)63-72)95-39-14-3-28-81(95)82-29-4-15-40-96(82)117)110-66-74(70-52-59-113-92(61-70)89-34-11-21-46-111(89)123-113)65-109-114(110)118(101)102-64-73(78-35-23-36-90-88-33-10-22-47-112(88)124-115(78)90)51-58-107(102)121(109)103-43-18-7-24-76(103)71-49-54-85-83-30-5-16-41-97(83)116(99(85)62-71)93-37-12-1-26-79(93)80-27-2-13-38-94(80)116/h1-67H/i9D,20D,32D,45D,48D,57D,60D. The predicted octanol–water partition coefficient (Wildman–Crippen LogP) is 27.9. The minimum Gasteiger partial charge on any atom is -0.456 e. The summed E-state index contributed by atoms with van der Waals surface area (Å²) in [6.45, 7) is -0.600. The number of aromatic nitrogens is 1. The molecule has 0 N–H and O–H groups in total. The van der Waals surface area contributed by atoms with Crippen molar-refractivity contribution in [1.82, 2.24) is 4.57 Å². The number of hydrogen-bond donors (Lipinski definition) is 0. The van der Waals surface area contributed by atoms with Gasteiger partial charge in [0.1, 0.15) is 22.3 Å². The first-order chi connectivity index (χ1) is 64.4. The highest BCUT2D eigenvalue weighted by Gasteiger charge is 2.54. The van der Waals surface area contributed by atoms with E-state index in [-0.39, 0.29) is 27.4 Å². The molecule has 5 heterocycles. The highest BCUT2D eigenvalue weighted by atomic mass is 16.3. The Bertz CT molecular complexity index is 8940. The second kappa shape index (κ2) is 24.9. The zero-order valence-electron chi connectivity index (χ0n) is 73.3. The molecule has 4 aliphatic carbocycles. The van der Waals surface area contributed by atoms with Crippen LogP contribution in [0.3, 0.4) is 0 Å². The van der Waals surface area contributed by atoms with Crippen molar-refractivity contribution in [3.63, 3.8) is 0 Å². The summed E-state index contributed by atoms with van der Waals surface area (Å²) in [6.07, 6.45) is 0. The zero-order chi connectivity index (χ0) is 87.0. The summed E-state index contributed by atoms with van der Waals surface area (Å²) in [7, 11) is 0. The summed E-state index contributed by atoms with van der Waals surface area (Å²) < 4.78 is 83.3. The van der Waals surface area contributed by atoms with Gasteiger partial charge in [0.2, 0.25) is 0 Å². The van der Waals surface area contributed by atoms with E-state index in [4.69, 9.17) is 8.83 Å². The molecule has 0 fully saturated rings. The number of anilines is 6. The summed E-state index contributed by atoms with van der Waals surface area (Å²) in [6, 6.07) is 131. The molecule has 6 nitrogen and oxygen atoms in total. The lowest BCUT2D eigenvalue weighted by atomic mass is 9.33. The van der Waals surface area contributed by atoms with E-state index in [9.17, 15) is 14.9 Å². The molecule has 0 unspecified atom stereocenters. The first-order valence-electron chi connectivity index (χ1n) is 45.8. The maximum atomic E-state index is 10.8. The minimum absolute atomic E-state index is 0.00153. The second-order valence-electron chi connectivity index (χ2n) is 33.6. The van der Waals surface area contributed by atoms with Gasteiger partial charge >= 0.3 is 0 Å². The molecule has 0 saturated carbocycles. The van der Waals surface area contributed by atoms with Crippen LogP contribution in [0.4, 0.5) is 34.1 Å². The highest BCUT2D eigenvalue weighted by Crippen LogP contribution is 2.66. The van der Waals surface area contributed by atoms with Gasteiger partial charge in [0.15, 0.2) is 0 Å². The van der Waals surface area contributed by atoms with Crippen molar-refractivity contribution in [2.75, 3.05) is 9.80 Å². The van der Waals surface area contributed by atoms with E-state index < -0.39 is 59.8 Å². The van der Waals surface area contributed by atoms with E-state index in [0.717, 1.165) is 144 Å². The maximum absolute atomic E-state index is 10.8. The Balaban J connectivity index is 0.759. The number of furan rings is 2. The van der Waals surface area contributed by atoms with Crippen LogP contribution < -0.4 is 26.2 Å². The van der Waals surface area contributed by atoms with E-state index in [2.05, 4.69) is 343 Å². The fourth-order valence-corrected chi connectivity index (χ4v) is 23.0. The SMILES string of the molecule is [2H]c1c([2H])c([2H])c2c(c1[2H])c1c([2H])c(C#N)c([2H])c([2H])c1n2-c1ccc2c(c1)N(c1ccccc1-c1ccc3c(c1)C1(c4ccccc4-c4ccccc41)c1ccccc1-3)c1cc(-c3ccc4oc5ccccc5c4c3)cc3c1B2c1cc(-c2cccc4c2oc2ccccc24)ccc1N3c1ccccc1-c1ccc2c(c1)C1(c3ccccc3-c3ccccc31)c1ccccc1-2. The summed E-state index contributed by atoms with van der Waals surface area (Å²) in [5, 5.41) is 14.7. The second-order valence-corrected chi connectivity index (χ2v) is 33.6. The lowest BCUT2D eigenvalue weighted by Crippen LogP contribution is -2.61. The van der Waals surface area contributed by atoms with Crippen LogP contribution in [0.15, 0.2) is 415 Å². The van der Waals surface area contributed by atoms with Crippen molar-refractivity contribution < 1.29 is 18.4 Å². The fourth-order valence-electron chi connectivity index (χ4n) is 23.0. The third-order valence-corrected chi connectivity index (χ3v) is 27.9. The Labute approximate surface area is 724 Å². The number of nitrogens with zero attached hydrogens (tertiary/aromatic N) is 4. The van der Waals surface area contributed by atoms with Gasteiger partial charge in [0, 0.05) is 77.4 Å². The Morgan fingerprint density at radius 3 is 1.31 bits per heavy atom. The summed E-state index contributed by atoms with van der Waals surface area (Å²) in [5.74, 6) is 0. The molecular formula is C117H67BN4O2. The molecule has 0 amide bonds. The van der Waals surface area contributed by atoms with Crippen LogP contribution in [0, 0.1) is 11.3 Å². The van der Waals surface area contributed by atoms with Gasteiger partial charge in [-0.3, -0.25) is 0 Å². The van der Waals surface area contributed by atoms with Crippen LogP contribution in [-0.4, -0.2) is 11.3 Å². The molecule has 22 aromatic rings. The zero-order valence-corrected chi connectivity index (χ0v) is 66.3. The smallest absolute Gasteiger partial charge is 0.252 e. The average Bonchev–Trinajstić information content (AvgIpc) is 1.62. The Morgan fingerprint density at radius 1 is 0.282 bits per heavy atom. The van der Waals surface area contributed by atoms with Crippen molar-refractivity contribution >= 4 is 123 Å².